The van der Waals surface area contributed by atoms with Crippen LogP contribution in [-0.2, 0) is 6.54 Å². The molecule has 4 N–H and O–H groups in total. The molecule has 0 fully saturated rings. The molecule has 0 aromatic heterocycles. The first-order valence-corrected chi connectivity index (χ1v) is 5.46. The zero-order chi connectivity index (χ0) is 11.1. The normalized spacial score (nSPS) is 12.7. The highest BCUT2D eigenvalue weighted by Gasteiger charge is 1.98. The summed E-state index contributed by atoms with van der Waals surface area (Å²) in [5.41, 5.74) is 6.89. The fourth-order valence-corrected chi connectivity index (χ4v) is 1.39. The van der Waals surface area contributed by atoms with Crippen molar-refractivity contribution in [2.45, 2.75) is 32.4 Å². The third kappa shape index (κ3) is 4.81. The Kier molecular flexibility index (Phi) is 5.15. The van der Waals surface area contributed by atoms with Gasteiger partial charge in [0.25, 0.3) is 0 Å². The van der Waals surface area contributed by atoms with Crippen LogP contribution in [0.1, 0.15) is 25.3 Å². The van der Waals surface area contributed by atoms with Crippen LogP contribution in [0.2, 0.25) is 0 Å². The van der Waals surface area contributed by atoms with Crippen LogP contribution < -0.4 is 11.1 Å². The molecule has 3 heteroatoms. The van der Waals surface area contributed by atoms with Gasteiger partial charge >= 0.3 is 0 Å². The zero-order valence-electron chi connectivity index (χ0n) is 9.24. The van der Waals surface area contributed by atoms with Crippen LogP contribution in [0.5, 0.6) is 5.75 Å². The minimum Gasteiger partial charge on any atom is -0.508 e. The highest BCUT2D eigenvalue weighted by Crippen LogP contribution is 2.10. The second kappa shape index (κ2) is 6.43. The minimum atomic E-state index is 0.293. The molecule has 1 aromatic rings. The third-order valence-electron chi connectivity index (χ3n) is 2.46. The molecule has 3 nitrogen and oxygen atoms in total. The Labute approximate surface area is 91.3 Å². The summed E-state index contributed by atoms with van der Waals surface area (Å²) in [4.78, 5) is 0. The molecule has 1 unspecified atom stereocenters. The highest BCUT2D eigenvalue weighted by molar-refractivity contribution is 5.26. The Balaban J connectivity index is 2.20. The van der Waals surface area contributed by atoms with Gasteiger partial charge in [0, 0.05) is 12.6 Å². The van der Waals surface area contributed by atoms with Crippen molar-refractivity contribution in [2.75, 3.05) is 6.54 Å². The van der Waals surface area contributed by atoms with E-state index < -0.39 is 0 Å². The van der Waals surface area contributed by atoms with Crippen molar-refractivity contribution in [2.24, 2.45) is 5.73 Å². The molecule has 15 heavy (non-hydrogen) atoms. The predicted molar refractivity (Wildman–Crippen MR) is 62.7 cm³/mol. The molecular weight excluding hydrogens is 188 g/mol. The number of aromatic hydroxyl groups is 1. The van der Waals surface area contributed by atoms with Crippen LogP contribution in [0.3, 0.4) is 0 Å². The largest absolute Gasteiger partial charge is 0.508 e. The first-order chi connectivity index (χ1) is 7.22. The molecule has 0 radical (unpaired) electrons. The molecule has 1 atom stereocenters. The van der Waals surface area contributed by atoms with Crippen molar-refractivity contribution in [3.05, 3.63) is 29.8 Å². The first kappa shape index (κ1) is 12.0. The van der Waals surface area contributed by atoms with Gasteiger partial charge in [-0.25, -0.2) is 0 Å². The predicted octanol–water partition coefficient (Wildman–Crippen LogP) is 1.61. The van der Waals surface area contributed by atoms with Gasteiger partial charge in [-0.3, -0.25) is 0 Å². The third-order valence-corrected chi connectivity index (χ3v) is 2.46. The van der Waals surface area contributed by atoms with Gasteiger partial charge in [-0.15, -0.1) is 0 Å². The smallest absolute Gasteiger partial charge is 0.115 e. The number of rotatable bonds is 6. The van der Waals surface area contributed by atoms with Gasteiger partial charge in [0.15, 0.2) is 0 Å². The van der Waals surface area contributed by atoms with Gasteiger partial charge in [0.2, 0.25) is 0 Å². The van der Waals surface area contributed by atoms with Gasteiger partial charge < -0.3 is 16.2 Å². The lowest BCUT2D eigenvalue weighted by molar-refractivity contribution is 0.473. The molecule has 0 saturated carbocycles. The highest BCUT2D eigenvalue weighted by atomic mass is 16.3. The fraction of sp³-hybridized carbons (Fsp3) is 0.500. The van der Waals surface area contributed by atoms with Crippen molar-refractivity contribution in [1.82, 2.24) is 5.32 Å². The summed E-state index contributed by atoms with van der Waals surface area (Å²) in [6.45, 7) is 3.80. The maximum atomic E-state index is 9.25. The van der Waals surface area contributed by atoms with E-state index in [1.165, 1.54) is 0 Å². The van der Waals surface area contributed by atoms with E-state index in [1.54, 1.807) is 12.1 Å². The molecule has 0 amide bonds. The van der Waals surface area contributed by atoms with E-state index in [1.807, 2.05) is 12.1 Å². The van der Waals surface area contributed by atoms with Crippen molar-refractivity contribution < 1.29 is 5.11 Å². The molecule has 0 spiro atoms. The van der Waals surface area contributed by atoms with Crippen molar-refractivity contribution >= 4 is 0 Å². The van der Waals surface area contributed by atoms with Crippen LogP contribution in [-0.4, -0.2) is 17.7 Å². The quantitative estimate of drug-likeness (QED) is 0.622. The molecule has 0 saturated heterocycles. The Morgan fingerprint density at radius 1 is 1.47 bits per heavy atom. The number of hydrogen-bond acceptors (Lipinski definition) is 3. The first-order valence-electron chi connectivity index (χ1n) is 5.46. The van der Waals surface area contributed by atoms with Gasteiger partial charge in [-0.05, 0) is 37.1 Å². The van der Waals surface area contributed by atoms with E-state index in [4.69, 9.17) is 5.73 Å². The lowest BCUT2D eigenvalue weighted by Crippen LogP contribution is -2.25. The van der Waals surface area contributed by atoms with Crippen LogP contribution in [0.4, 0.5) is 0 Å². The second-order valence-corrected chi connectivity index (χ2v) is 3.80. The molecule has 84 valence electrons. The standard InChI is InChI=1S/C12H20N2O/c1-2-11(13)6-7-14-9-10-4-3-5-12(15)8-10/h3-5,8,11,14-15H,2,6-7,9,13H2,1H3. The number of phenols is 1. The molecule has 0 bridgehead atoms. The van der Waals surface area contributed by atoms with Crippen molar-refractivity contribution in [1.29, 1.82) is 0 Å². The molecule has 1 rings (SSSR count). The Morgan fingerprint density at radius 2 is 2.27 bits per heavy atom. The number of hydrogen-bond donors (Lipinski definition) is 3. The van der Waals surface area contributed by atoms with Crippen molar-refractivity contribution in [3.8, 4) is 5.75 Å². The second-order valence-electron chi connectivity index (χ2n) is 3.80. The summed E-state index contributed by atoms with van der Waals surface area (Å²) in [6.07, 6.45) is 2.02. The van der Waals surface area contributed by atoms with E-state index in [0.717, 1.165) is 31.5 Å². The molecule has 1 aromatic carbocycles. The van der Waals surface area contributed by atoms with Gasteiger partial charge in [-0.1, -0.05) is 19.1 Å². The van der Waals surface area contributed by atoms with E-state index in [9.17, 15) is 5.11 Å². The van der Waals surface area contributed by atoms with Crippen LogP contribution in [0, 0.1) is 0 Å². The van der Waals surface area contributed by atoms with E-state index in [-0.39, 0.29) is 0 Å². The van der Waals surface area contributed by atoms with Crippen LogP contribution in [0.25, 0.3) is 0 Å². The van der Waals surface area contributed by atoms with Crippen LogP contribution >= 0.6 is 0 Å². The lowest BCUT2D eigenvalue weighted by atomic mass is 10.1. The van der Waals surface area contributed by atoms with E-state index >= 15 is 0 Å². The molecule has 0 aliphatic carbocycles. The topological polar surface area (TPSA) is 58.3 Å². The summed E-state index contributed by atoms with van der Waals surface area (Å²) >= 11 is 0. The average Bonchev–Trinajstić information content (AvgIpc) is 2.24. The fourth-order valence-electron chi connectivity index (χ4n) is 1.39. The molecular formula is C12H20N2O. The van der Waals surface area contributed by atoms with Gasteiger partial charge in [0.1, 0.15) is 5.75 Å². The van der Waals surface area contributed by atoms with Crippen molar-refractivity contribution in [3.63, 3.8) is 0 Å². The number of nitrogens with two attached hydrogens (primary N) is 1. The molecule has 0 aliphatic rings. The van der Waals surface area contributed by atoms with Gasteiger partial charge in [-0.2, -0.15) is 0 Å². The monoisotopic (exact) mass is 208 g/mol. The van der Waals surface area contributed by atoms with E-state index in [0.29, 0.717) is 11.8 Å². The maximum Gasteiger partial charge on any atom is 0.115 e. The summed E-state index contributed by atoms with van der Waals surface area (Å²) < 4.78 is 0. The Morgan fingerprint density at radius 3 is 2.93 bits per heavy atom. The maximum absolute atomic E-state index is 9.25. The summed E-state index contributed by atoms with van der Waals surface area (Å²) in [5.74, 6) is 0.319. The lowest BCUT2D eigenvalue weighted by Gasteiger charge is -2.09. The Hall–Kier alpha value is -1.06. The zero-order valence-corrected chi connectivity index (χ0v) is 9.24. The summed E-state index contributed by atoms with van der Waals surface area (Å²) in [5, 5.41) is 12.6. The number of phenolic OH excluding ortho intramolecular Hbond substituents is 1. The SMILES string of the molecule is CCC(N)CCNCc1cccc(O)c1. The van der Waals surface area contributed by atoms with Crippen LogP contribution in [0.15, 0.2) is 24.3 Å². The summed E-state index contributed by atoms with van der Waals surface area (Å²) in [7, 11) is 0. The molecule has 0 aliphatic heterocycles. The average molecular weight is 208 g/mol. The van der Waals surface area contributed by atoms with Gasteiger partial charge in [0.05, 0.1) is 0 Å². The molecule has 0 heterocycles. The number of nitrogens with one attached hydrogen (secondary N) is 1. The van der Waals surface area contributed by atoms with E-state index in [2.05, 4.69) is 12.2 Å². The number of benzene rings is 1. The summed E-state index contributed by atoms with van der Waals surface area (Å²) in [6, 6.07) is 7.58. The Bertz CT molecular complexity index is 289. The minimum absolute atomic E-state index is 0.293.